The van der Waals surface area contributed by atoms with Crippen molar-refractivity contribution < 1.29 is 0 Å². The monoisotopic (exact) mass is 235 g/mol. The Bertz CT molecular complexity index is 286. The van der Waals surface area contributed by atoms with Crippen molar-refractivity contribution in [3.05, 3.63) is 18.5 Å². The summed E-state index contributed by atoms with van der Waals surface area (Å²) in [4.78, 5) is 0. The van der Waals surface area contributed by atoms with Crippen molar-refractivity contribution in [2.45, 2.75) is 58.0 Å². The molecule has 1 aromatic heterocycles. The van der Waals surface area contributed by atoms with Crippen molar-refractivity contribution in [1.82, 2.24) is 15.1 Å². The lowest BCUT2D eigenvalue weighted by atomic mass is 9.84. The van der Waals surface area contributed by atoms with Crippen LogP contribution in [0.2, 0.25) is 0 Å². The summed E-state index contributed by atoms with van der Waals surface area (Å²) in [6.45, 7) is 4.48. The van der Waals surface area contributed by atoms with Gasteiger partial charge in [0.05, 0.1) is 0 Å². The Morgan fingerprint density at radius 3 is 2.76 bits per heavy atom. The van der Waals surface area contributed by atoms with Gasteiger partial charge in [0.1, 0.15) is 0 Å². The van der Waals surface area contributed by atoms with E-state index in [0.717, 1.165) is 25.0 Å². The third-order valence-corrected chi connectivity index (χ3v) is 3.98. The van der Waals surface area contributed by atoms with Gasteiger partial charge in [0.25, 0.3) is 0 Å². The van der Waals surface area contributed by atoms with Crippen molar-refractivity contribution in [2.24, 2.45) is 5.92 Å². The van der Waals surface area contributed by atoms with E-state index in [1.54, 1.807) is 0 Å². The highest BCUT2D eigenvalue weighted by molar-refractivity contribution is 4.78. The Morgan fingerprint density at radius 2 is 2.12 bits per heavy atom. The first-order chi connectivity index (χ1) is 8.38. The molecule has 0 aliphatic heterocycles. The van der Waals surface area contributed by atoms with E-state index < -0.39 is 0 Å². The lowest BCUT2D eigenvalue weighted by Gasteiger charge is -2.28. The average Bonchev–Trinajstić information content (AvgIpc) is 2.88. The number of hydrogen-bond acceptors (Lipinski definition) is 2. The summed E-state index contributed by atoms with van der Waals surface area (Å²) >= 11 is 0. The highest BCUT2D eigenvalue weighted by atomic mass is 15.3. The summed E-state index contributed by atoms with van der Waals surface area (Å²) in [6, 6.07) is 2.76. The summed E-state index contributed by atoms with van der Waals surface area (Å²) in [6.07, 6.45) is 12.0. The molecule has 0 saturated heterocycles. The third kappa shape index (κ3) is 4.15. The van der Waals surface area contributed by atoms with Crippen LogP contribution in [0.3, 0.4) is 0 Å². The number of aryl methyl sites for hydroxylation is 1. The fourth-order valence-corrected chi connectivity index (χ4v) is 2.75. The van der Waals surface area contributed by atoms with Crippen LogP contribution >= 0.6 is 0 Å². The lowest BCUT2D eigenvalue weighted by Crippen LogP contribution is -2.34. The molecule has 3 nitrogen and oxygen atoms in total. The Labute approximate surface area is 105 Å². The van der Waals surface area contributed by atoms with Gasteiger partial charge in [0, 0.05) is 25.0 Å². The van der Waals surface area contributed by atoms with Gasteiger partial charge < -0.3 is 5.32 Å². The van der Waals surface area contributed by atoms with E-state index in [9.17, 15) is 0 Å². The zero-order chi connectivity index (χ0) is 11.9. The molecule has 1 aliphatic rings. The Morgan fingerprint density at radius 1 is 1.29 bits per heavy atom. The highest BCUT2D eigenvalue weighted by Crippen LogP contribution is 2.26. The van der Waals surface area contributed by atoms with Gasteiger partial charge in [-0.1, -0.05) is 13.3 Å². The van der Waals surface area contributed by atoms with Gasteiger partial charge in [-0.2, -0.15) is 5.10 Å². The molecule has 1 N–H and O–H groups in total. The summed E-state index contributed by atoms with van der Waals surface area (Å²) in [5, 5.41) is 7.90. The van der Waals surface area contributed by atoms with Crippen LogP contribution in [-0.2, 0) is 6.54 Å². The summed E-state index contributed by atoms with van der Waals surface area (Å²) in [5.74, 6) is 0.997. The van der Waals surface area contributed by atoms with Crippen LogP contribution < -0.4 is 5.32 Å². The SMILES string of the molecule is CCC1CCC(NCCCn2cccn2)CC1. The predicted octanol–water partition coefficient (Wildman–Crippen LogP) is 2.83. The van der Waals surface area contributed by atoms with Gasteiger partial charge in [0.2, 0.25) is 0 Å². The molecule has 1 aliphatic carbocycles. The second-order valence-corrected chi connectivity index (χ2v) is 5.20. The van der Waals surface area contributed by atoms with Crippen LogP contribution in [0.4, 0.5) is 0 Å². The zero-order valence-electron chi connectivity index (χ0n) is 10.9. The molecule has 1 saturated carbocycles. The summed E-state index contributed by atoms with van der Waals surface area (Å²) in [5.41, 5.74) is 0. The number of rotatable bonds is 6. The molecule has 2 rings (SSSR count). The Kier molecular flexibility index (Phi) is 5.05. The number of nitrogens with zero attached hydrogens (tertiary/aromatic N) is 2. The predicted molar refractivity (Wildman–Crippen MR) is 70.9 cm³/mol. The van der Waals surface area contributed by atoms with E-state index in [1.807, 2.05) is 23.1 Å². The van der Waals surface area contributed by atoms with E-state index in [0.29, 0.717) is 0 Å². The van der Waals surface area contributed by atoms with Crippen LogP contribution in [-0.4, -0.2) is 22.4 Å². The standard InChI is InChI=1S/C14H25N3/c1-2-13-5-7-14(8-6-13)15-9-3-11-17-12-4-10-16-17/h4,10,12-15H,2-3,5-9,11H2,1H3. The summed E-state index contributed by atoms with van der Waals surface area (Å²) in [7, 11) is 0. The maximum Gasteiger partial charge on any atom is 0.0489 e. The van der Waals surface area contributed by atoms with Gasteiger partial charge >= 0.3 is 0 Å². The first kappa shape index (κ1) is 12.6. The normalized spacial score (nSPS) is 25.0. The van der Waals surface area contributed by atoms with Crippen LogP contribution in [0, 0.1) is 5.92 Å². The molecule has 1 heterocycles. The molecule has 0 radical (unpaired) electrons. The minimum absolute atomic E-state index is 0.774. The maximum absolute atomic E-state index is 4.21. The quantitative estimate of drug-likeness (QED) is 0.768. The largest absolute Gasteiger partial charge is 0.314 e. The fraction of sp³-hybridized carbons (Fsp3) is 0.786. The molecule has 17 heavy (non-hydrogen) atoms. The van der Waals surface area contributed by atoms with E-state index in [-0.39, 0.29) is 0 Å². The number of nitrogens with one attached hydrogen (secondary N) is 1. The third-order valence-electron chi connectivity index (χ3n) is 3.98. The molecular formula is C14H25N3. The van der Waals surface area contributed by atoms with Crippen molar-refractivity contribution in [1.29, 1.82) is 0 Å². The van der Waals surface area contributed by atoms with Crippen molar-refractivity contribution in [2.75, 3.05) is 6.54 Å². The van der Waals surface area contributed by atoms with Crippen molar-refractivity contribution in [3.8, 4) is 0 Å². The smallest absolute Gasteiger partial charge is 0.0489 e. The fourth-order valence-electron chi connectivity index (χ4n) is 2.75. The molecule has 3 heteroatoms. The topological polar surface area (TPSA) is 29.9 Å². The molecule has 0 bridgehead atoms. The van der Waals surface area contributed by atoms with Crippen LogP contribution in [0.1, 0.15) is 45.4 Å². The molecule has 0 spiro atoms. The minimum atomic E-state index is 0.774. The molecule has 0 atom stereocenters. The van der Waals surface area contributed by atoms with E-state index >= 15 is 0 Å². The second kappa shape index (κ2) is 6.80. The molecular weight excluding hydrogens is 210 g/mol. The number of hydrogen-bond donors (Lipinski definition) is 1. The van der Waals surface area contributed by atoms with E-state index in [1.165, 1.54) is 38.5 Å². The Balaban J connectivity index is 1.54. The molecule has 1 fully saturated rings. The molecule has 0 amide bonds. The molecule has 96 valence electrons. The van der Waals surface area contributed by atoms with Crippen LogP contribution in [0.5, 0.6) is 0 Å². The van der Waals surface area contributed by atoms with Gasteiger partial charge in [-0.25, -0.2) is 0 Å². The zero-order valence-corrected chi connectivity index (χ0v) is 10.9. The second-order valence-electron chi connectivity index (χ2n) is 5.20. The van der Waals surface area contributed by atoms with Crippen molar-refractivity contribution >= 4 is 0 Å². The first-order valence-corrected chi connectivity index (χ1v) is 7.09. The van der Waals surface area contributed by atoms with Gasteiger partial charge in [-0.15, -0.1) is 0 Å². The Hall–Kier alpha value is -0.830. The minimum Gasteiger partial charge on any atom is -0.314 e. The first-order valence-electron chi connectivity index (χ1n) is 7.09. The van der Waals surface area contributed by atoms with E-state index in [4.69, 9.17) is 0 Å². The lowest BCUT2D eigenvalue weighted by molar-refractivity contribution is 0.284. The highest BCUT2D eigenvalue weighted by Gasteiger charge is 2.18. The van der Waals surface area contributed by atoms with Gasteiger partial charge in [0.15, 0.2) is 0 Å². The number of aromatic nitrogens is 2. The van der Waals surface area contributed by atoms with Gasteiger partial charge in [-0.3, -0.25) is 4.68 Å². The molecule has 0 aromatic carbocycles. The van der Waals surface area contributed by atoms with Gasteiger partial charge in [-0.05, 0) is 50.6 Å². The molecule has 1 aromatic rings. The maximum atomic E-state index is 4.21. The summed E-state index contributed by atoms with van der Waals surface area (Å²) < 4.78 is 2.01. The van der Waals surface area contributed by atoms with Crippen LogP contribution in [0.15, 0.2) is 18.5 Å². The molecule has 0 unspecified atom stereocenters. The average molecular weight is 235 g/mol. The van der Waals surface area contributed by atoms with Crippen molar-refractivity contribution in [3.63, 3.8) is 0 Å². The van der Waals surface area contributed by atoms with E-state index in [2.05, 4.69) is 17.3 Å². The van der Waals surface area contributed by atoms with Crippen LogP contribution in [0.25, 0.3) is 0 Å².